The van der Waals surface area contributed by atoms with Gasteiger partial charge in [0, 0.05) is 5.02 Å². The highest BCUT2D eigenvalue weighted by atomic mass is 127. The van der Waals surface area contributed by atoms with Gasteiger partial charge in [-0.3, -0.25) is 4.79 Å². The third-order valence-electron chi connectivity index (χ3n) is 4.24. The average Bonchev–Trinajstić information content (AvgIpc) is 2.75. The van der Waals surface area contributed by atoms with E-state index in [-0.39, 0.29) is 12.3 Å². The lowest BCUT2D eigenvalue weighted by Gasteiger charge is -2.15. The number of rotatable bonds is 9. The Labute approximate surface area is 200 Å². The summed E-state index contributed by atoms with van der Waals surface area (Å²) in [4.78, 5) is 12.1. The Kier molecular flexibility index (Phi) is 8.73. The van der Waals surface area contributed by atoms with Crippen LogP contribution < -0.4 is 14.9 Å². The molecule has 3 rings (SSSR count). The zero-order valence-corrected chi connectivity index (χ0v) is 19.9. The molecule has 0 aliphatic rings. The van der Waals surface area contributed by atoms with Crippen molar-refractivity contribution in [3.63, 3.8) is 0 Å². The number of carbonyl (C=O) groups excluding carboxylic acids is 1. The minimum atomic E-state index is -0.176. The van der Waals surface area contributed by atoms with Gasteiger partial charge in [0.1, 0.15) is 6.61 Å². The van der Waals surface area contributed by atoms with E-state index in [0.717, 1.165) is 20.3 Å². The van der Waals surface area contributed by atoms with Crippen molar-refractivity contribution in [3.8, 4) is 11.5 Å². The maximum Gasteiger partial charge on any atom is 0.244 e. The van der Waals surface area contributed by atoms with Crippen LogP contribution in [-0.2, 0) is 17.8 Å². The molecule has 0 aliphatic heterocycles. The maximum atomic E-state index is 12.1. The van der Waals surface area contributed by atoms with Gasteiger partial charge in [-0.1, -0.05) is 54.1 Å². The van der Waals surface area contributed by atoms with Crippen LogP contribution in [0.5, 0.6) is 11.5 Å². The molecule has 160 valence electrons. The monoisotopic (exact) mass is 548 g/mol. The molecule has 1 N–H and O–H groups in total. The third kappa shape index (κ3) is 7.25. The molecule has 0 spiro atoms. The first kappa shape index (κ1) is 23.1. The van der Waals surface area contributed by atoms with E-state index in [9.17, 15) is 4.79 Å². The molecule has 0 unspecified atom stereocenters. The summed E-state index contributed by atoms with van der Waals surface area (Å²) < 4.78 is 12.7. The molecule has 0 saturated carbocycles. The SMILES string of the molecule is CCOc1cc(/C=N\NC(=O)Cc2ccccc2)cc(I)c1OCc1ccc(Cl)cc1. The summed E-state index contributed by atoms with van der Waals surface area (Å²) in [5.74, 6) is 1.12. The van der Waals surface area contributed by atoms with Gasteiger partial charge in [0.15, 0.2) is 11.5 Å². The van der Waals surface area contributed by atoms with Crippen LogP contribution in [0, 0.1) is 3.57 Å². The number of hydrogen-bond acceptors (Lipinski definition) is 4. The van der Waals surface area contributed by atoms with E-state index < -0.39 is 0 Å². The predicted octanol–water partition coefficient (Wildman–Crippen LogP) is 5.62. The second-order valence-corrected chi connectivity index (χ2v) is 8.23. The van der Waals surface area contributed by atoms with Crippen molar-refractivity contribution in [2.24, 2.45) is 5.10 Å². The first-order chi connectivity index (χ1) is 15.0. The van der Waals surface area contributed by atoms with Crippen molar-refractivity contribution < 1.29 is 14.3 Å². The van der Waals surface area contributed by atoms with Gasteiger partial charge < -0.3 is 9.47 Å². The Morgan fingerprint density at radius 1 is 1.06 bits per heavy atom. The van der Waals surface area contributed by atoms with Gasteiger partial charge in [-0.15, -0.1) is 0 Å². The minimum Gasteiger partial charge on any atom is -0.490 e. The highest BCUT2D eigenvalue weighted by Gasteiger charge is 2.12. The predicted molar refractivity (Wildman–Crippen MR) is 132 cm³/mol. The van der Waals surface area contributed by atoms with Crippen LogP contribution >= 0.6 is 34.2 Å². The summed E-state index contributed by atoms with van der Waals surface area (Å²) in [5, 5.41) is 4.76. The van der Waals surface area contributed by atoms with Crippen LogP contribution in [0.4, 0.5) is 0 Å². The fourth-order valence-corrected chi connectivity index (χ4v) is 3.71. The highest BCUT2D eigenvalue weighted by Crippen LogP contribution is 2.34. The number of ether oxygens (including phenoxy) is 2. The lowest BCUT2D eigenvalue weighted by Crippen LogP contribution is -2.19. The lowest BCUT2D eigenvalue weighted by atomic mass is 10.1. The summed E-state index contributed by atoms with van der Waals surface area (Å²) in [6, 6.07) is 20.8. The lowest BCUT2D eigenvalue weighted by molar-refractivity contribution is -0.120. The van der Waals surface area contributed by atoms with Gasteiger partial charge in [-0.25, -0.2) is 5.43 Å². The quantitative estimate of drug-likeness (QED) is 0.215. The van der Waals surface area contributed by atoms with E-state index in [1.165, 1.54) is 0 Å². The summed E-state index contributed by atoms with van der Waals surface area (Å²) in [6.45, 7) is 2.82. The zero-order valence-electron chi connectivity index (χ0n) is 17.0. The molecule has 7 heteroatoms. The number of carbonyl (C=O) groups is 1. The van der Waals surface area contributed by atoms with Gasteiger partial charge in [0.2, 0.25) is 5.91 Å². The fourth-order valence-electron chi connectivity index (χ4n) is 2.80. The van der Waals surface area contributed by atoms with Gasteiger partial charge in [0.05, 0.1) is 22.8 Å². The minimum absolute atomic E-state index is 0.176. The Morgan fingerprint density at radius 2 is 1.81 bits per heavy atom. The van der Waals surface area contributed by atoms with Crippen LogP contribution in [-0.4, -0.2) is 18.7 Å². The summed E-state index contributed by atoms with van der Waals surface area (Å²) in [6.07, 6.45) is 1.87. The van der Waals surface area contributed by atoms with Crippen LogP contribution in [0.1, 0.15) is 23.6 Å². The van der Waals surface area contributed by atoms with Gasteiger partial charge in [0.25, 0.3) is 0 Å². The van der Waals surface area contributed by atoms with Gasteiger partial charge >= 0.3 is 0 Å². The number of halogens is 2. The van der Waals surface area contributed by atoms with Crippen molar-refractivity contribution in [2.75, 3.05) is 6.61 Å². The Hall–Kier alpha value is -2.58. The highest BCUT2D eigenvalue weighted by molar-refractivity contribution is 14.1. The van der Waals surface area contributed by atoms with E-state index in [0.29, 0.717) is 29.7 Å². The summed E-state index contributed by atoms with van der Waals surface area (Å²) in [5.41, 5.74) is 5.30. The number of hydrogen-bond donors (Lipinski definition) is 1. The number of benzene rings is 3. The second-order valence-electron chi connectivity index (χ2n) is 6.63. The van der Waals surface area contributed by atoms with Crippen LogP contribution in [0.2, 0.25) is 5.02 Å². The molecule has 0 heterocycles. The first-order valence-corrected chi connectivity index (χ1v) is 11.2. The van der Waals surface area contributed by atoms with Gasteiger partial charge in [-0.2, -0.15) is 5.10 Å². The number of amides is 1. The summed E-state index contributed by atoms with van der Waals surface area (Å²) in [7, 11) is 0. The van der Waals surface area contributed by atoms with E-state index in [1.54, 1.807) is 6.21 Å². The van der Waals surface area contributed by atoms with Gasteiger partial charge in [-0.05, 0) is 70.5 Å². The van der Waals surface area contributed by atoms with E-state index in [2.05, 4.69) is 33.1 Å². The Bertz CT molecular complexity index is 1040. The second kappa shape index (κ2) is 11.7. The molecule has 0 fully saturated rings. The molecule has 5 nitrogen and oxygen atoms in total. The molecule has 0 atom stereocenters. The average molecular weight is 549 g/mol. The number of nitrogens with one attached hydrogen (secondary N) is 1. The number of hydrazone groups is 1. The standard InChI is InChI=1S/C24H22ClIN2O3/c1-2-30-22-13-19(15-27-28-23(29)14-17-6-4-3-5-7-17)12-21(26)24(22)31-16-18-8-10-20(25)11-9-18/h3-13,15H,2,14,16H2,1H3,(H,28,29)/b27-15-. The molecule has 3 aromatic rings. The molecular formula is C24H22ClIN2O3. The fraction of sp³-hybridized carbons (Fsp3) is 0.167. The van der Waals surface area contributed by atoms with Crippen LogP contribution in [0.25, 0.3) is 0 Å². The van der Waals surface area contributed by atoms with E-state index >= 15 is 0 Å². The van der Waals surface area contributed by atoms with Crippen LogP contribution in [0.15, 0.2) is 71.8 Å². The molecule has 0 aromatic heterocycles. The van der Waals surface area contributed by atoms with Crippen molar-refractivity contribution in [3.05, 3.63) is 92.0 Å². The Morgan fingerprint density at radius 3 is 2.52 bits per heavy atom. The first-order valence-electron chi connectivity index (χ1n) is 9.74. The molecule has 3 aromatic carbocycles. The van der Waals surface area contributed by atoms with Crippen molar-refractivity contribution >= 4 is 46.3 Å². The largest absolute Gasteiger partial charge is 0.490 e. The summed E-state index contributed by atoms with van der Waals surface area (Å²) >= 11 is 8.14. The van der Waals surface area contributed by atoms with Crippen LogP contribution in [0.3, 0.4) is 0 Å². The molecule has 0 bridgehead atoms. The number of nitrogens with zero attached hydrogens (tertiary/aromatic N) is 1. The maximum absolute atomic E-state index is 12.1. The molecule has 0 saturated heterocycles. The normalized spacial score (nSPS) is 10.8. The van der Waals surface area contributed by atoms with Crippen molar-refractivity contribution in [1.82, 2.24) is 5.43 Å². The zero-order chi connectivity index (χ0) is 22.1. The van der Waals surface area contributed by atoms with Crippen molar-refractivity contribution in [1.29, 1.82) is 0 Å². The van der Waals surface area contributed by atoms with E-state index in [1.807, 2.05) is 73.7 Å². The Balaban J connectivity index is 1.66. The van der Waals surface area contributed by atoms with Crippen molar-refractivity contribution in [2.45, 2.75) is 20.0 Å². The molecule has 1 amide bonds. The molecule has 0 radical (unpaired) electrons. The third-order valence-corrected chi connectivity index (χ3v) is 5.29. The van der Waals surface area contributed by atoms with E-state index in [4.69, 9.17) is 21.1 Å². The smallest absolute Gasteiger partial charge is 0.244 e. The molecule has 0 aliphatic carbocycles. The molecule has 31 heavy (non-hydrogen) atoms. The molecular weight excluding hydrogens is 527 g/mol. The topological polar surface area (TPSA) is 59.9 Å².